The summed E-state index contributed by atoms with van der Waals surface area (Å²) in [5, 5.41) is 3.88. The molecule has 2 unspecified atom stereocenters. The van der Waals surface area contributed by atoms with Crippen LogP contribution >= 0.6 is 11.8 Å². The third-order valence-corrected chi connectivity index (χ3v) is 5.35. The normalized spacial score (nSPS) is 22.8. The Bertz CT molecular complexity index is 413. The Morgan fingerprint density at radius 1 is 1.37 bits per heavy atom. The summed E-state index contributed by atoms with van der Waals surface area (Å²) >= 11 is 2.02. The second-order valence-electron chi connectivity index (χ2n) is 6.35. The standard InChI is InChI=1S/C17H27NS/c1-5-19-12-13(2)18-16-15-9-7-6-8-14(15)10-11-17(16,3)4/h6-9,13,16,18H,5,10-12H2,1-4H3. The van der Waals surface area contributed by atoms with Crippen molar-refractivity contribution in [3.8, 4) is 0 Å². The maximum absolute atomic E-state index is 3.88. The molecular weight excluding hydrogens is 250 g/mol. The molecule has 0 fully saturated rings. The lowest BCUT2D eigenvalue weighted by Crippen LogP contribution is -2.43. The fraction of sp³-hybridized carbons (Fsp3) is 0.647. The van der Waals surface area contributed by atoms with Gasteiger partial charge in [0.25, 0.3) is 0 Å². The van der Waals surface area contributed by atoms with Crippen LogP contribution in [0.3, 0.4) is 0 Å². The molecule has 1 aromatic carbocycles. The van der Waals surface area contributed by atoms with Gasteiger partial charge in [0.05, 0.1) is 0 Å². The van der Waals surface area contributed by atoms with E-state index in [0.717, 1.165) is 0 Å². The second-order valence-corrected chi connectivity index (χ2v) is 7.67. The van der Waals surface area contributed by atoms with Gasteiger partial charge in [0.1, 0.15) is 0 Å². The molecule has 0 saturated heterocycles. The lowest BCUT2D eigenvalue weighted by atomic mass is 9.70. The van der Waals surface area contributed by atoms with Gasteiger partial charge in [-0.3, -0.25) is 0 Å². The summed E-state index contributed by atoms with van der Waals surface area (Å²) in [6.45, 7) is 9.35. The van der Waals surface area contributed by atoms with Crippen LogP contribution in [0.5, 0.6) is 0 Å². The Morgan fingerprint density at radius 3 is 2.84 bits per heavy atom. The van der Waals surface area contributed by atoms with E-state index >= 15 is 0 Å². The first-order valence-corrected chi connectivity index (χ1v) is 8.61. The van der Waals surface area contributed by atoms with Crippen LogP contribution < -0.4 is 5.32 Å². The van der Waals surface area contributed by atoms with Gasteiger partial charge in [-0.25, -0.2) is 0 Å². The monoisotopic (exact) mass is 277 g/mol. The van der Waals surface area contributed by atoms with Crippen LogP contribution in [0.1, 0.15) is 51.3 Å². The van der Waals surface area contributed by atoms with Crippen molar-refractivity contribution < 1.29 is 0 Å². The van der Waals surface area contributed by atoms with E-state index in [2.05, 4.69) is 57.3 Å². The summed E-state index contributed by atoms with van der Waals surface area (Å²) in [7, 11) is 0. The maximum atomic E-state index is 3.88. The van der Waals surface area contributed by atoms with Gasteiger partial charge in [0.2, 0.25) is 0 Å². The smallest absolute Gasteiger partial charge is 0.0377 e. The number of fused-ring (bicyclic) bond motifs is 1. The van der Waals surface area contributed by atoms with Gasteiger partial charge >= 0.3 is 0 Å². The molecule has 0 radical (unpaired) electrons. The minimum atomic E-state index is 0.347. The summed E-state index contributed by atoms with van der Waals surface area (Å²) in [4.78, 5) is 0. The highest BCUT2D eigenvalue weighted by Gasteiger charge is 2.35. The topological polar surface area (TPSA) is 12.0 Å². The molecule has 19 heavy (non-hydrogen) atoms. The number of hydrogen-bond donors (Lipinski definition) is 1. The summed E-state index contributed by atoms with van der Waals surface area (Å²) in [6, 6.07) is 10.0. The van der Waals surface area contributed by atoms with Gasteiger partial charge in [-0.05, 0) is 42.1 Å². The lowest BCUT2D eigenvalue weighted by Gasteiger charge is -2.42. The summed E-state index contributed by atoms with van der Waals surface area (Å²) in [5.41, 5.74) is 3.40. The molecule has 1 nitrogen and oxygen atoms in total. The molecule has 0 bridgehead atoms. The Kier molecular flexibility index (Phi) is 4.97. The fourth-order valence-electron chi connectivity index (χ4n) is 3.01. The Morgan fingerprint density at radius 2 is 2.11 bits per heavy atom. The highest BCUT2D eigenvalue weighted by Crippen LogP contribution is 2.43. The quantitative estimate of drug-likeness (QED) is 0.854. The van der Waals surface area contributed by atoms with E-state index in [4.69, 9.17) is 0 Å². The Balaban J connectivity index is 2.16. The van der Waals surface area contributed by atoms with Gasteiger partial charge in [-0.15, -0.1) is 0 Å². The average Bonchev–Trinajstić information content (AvgIpc) is 2.40. The van der Waals surface area contributed by atoms with E-state index in [-0.39, 0.29) is 0 Å². The predicted octanol–water partition coefficient (Wildman–Crippen LogP) is 4.43. The number of nitrogens with one attached hydrogen (secondary N) is 1. The van der Waals surface area contributed by atoms with Crippen molar-refractivity contribution in [1.29, 1.82) is 0 Å². The van der Waals surface area contributed by atoms with Crippen LogP contribution in [0.15, 0.2) is 24.3 Å². The molecular formula is C17H27NS. The van der Waals surface area contributed by atoms with Crippen LogP contribution in [0.4, 0.5) is 0 Å². The van der Waals surface area contributed by atoms with E-state index in [1.807, 2.05) is 11.8 Å². The molecule has 2 heteroatoms. The number of rotatable bonds is 5. The van der Waals surface area contributed by atoms with Crippen LogP contribution in [0, 0.1) is 5.41 Å². The van der Waals surface area contributed by atoms with Crippen molar-refractivity contribution in [1.82, 2.24) is 5.32 Å². The van der Waals surface area contributed by atoms with Crippen molar-refractivity contribution in [3.63, 3.8) is 0 Å². The van der Waals surface area contributed by atoms with Crippen molar-refractivity contribution in [2.24, 2.45) is 5.41 Å². The number of hydrogen-bond acceptors (Lipinski definition) is 2. The Hall–Kier alpha value is -0.470. The molecule has 2 atom stereocenters. The highest BCUT2D eigenvalue weighted by molar-refractivity contribution is 7.99. The van der Waals surface area contributed by atoms with E-state index < -0.39 is 0 Å². The third-order valence-electron chi connectivity index (χ3n) is 4.21. The second kappa shape index (κ2) is 6.32. The van der Waals surface area contributed by atoms with Crippen molar-refractivity contribution >= 4 is 11.8 Å². The number of thioether (sulfide) groups is 1. The average molecular weight is 277 g/mol. The zero-order valence-corrected chi connectivity index (χ0v) is 13.5. The minimum Gasteiger partial charge on any atom is -0.306 e. The first kappa shape index (κ1) is 14.9. The molecule has 1 N–H and O–H groups in total. The van der Waals surface area contributed by atoms with Crippen molar-refractivity contribution in [2.75, 3.05) is 11.5 Å². The van der Waals surface area contributed by atoms with Gasteiger partial charge in [0.15, 0.2) is 0 Å². The van der Waals surface area contributed by atoms with E-state index in [0.29, 0.717) is 17.5 Å². The zero-order valence-electron chi connectivity index (χ0n) is 12.7. The number of benzene rings is 1. The van der Waals surface area contributed by atoms with E-state index in [9.17, 15) is 0 Å². The van der Waals surface area contributed by atoms with Crippen molar-refractivity contribution in [2.45, 2.75) is 52.6 Å². The first-order valence-electron chi connectivity index (χ1n) is 7.46. The molecule has 1 aliphatic carbocycles. The van der Waals surface area contributed by atoms with Crippen LogP contribution in [0.25, 0.3) is 0 Å². The van der Waals surface area contributed by atoms with Gasteiger partial charge in [-0.2, -0.15) is 11.8 Å². The van der Waals surface area contributed by atoms with E-state index in [1.54, 1.807) is 0 Å². The van der Waals surface area contributed by atoms with E-state index in [1.165, 1.54) is 35.5 Å². The van der Waals surface area contributed by atoms with Crippen LogP contribution in [0.2, 0.25) is 0 Å². The summed E-state index contributed by atoms with van der Waals surface area (Å²) < 4.78 is 0. The molecule has 1 aromatic rings. The summed E-state index contributed by atoms with van der Waals surface area (Å²) in [5.74, 6) is 2.40. The van der Waals surface area contributed by atoms with Crippen LogP contribution in [-0.4, -0.2) is 17.5 Å². The van der Waals surface area contributed by atoms with Crippen molar-refractivity contribution in [3.05, 3.63) is 35.4 Å². The molecule has 0 aromatic heterocycles. The fourth-order valence-corrected chi connectivity index (χ4v) is 3.69. The molecule has 0 amide bonds. The Labute approximate surface area is 122 Å². The molecule has 1 aliphatic rings. The molecule has 0 saturated carbocycles. The molecule has 0 spiro atoms. The first-order chi connectivity index (χ1) is 9.04. The predicted molar refractivity (Wildman–Crippen MR) is 86.9 cm³/mol. The SMILES string of the molecule is CCSCC(C)NC1c2ccccc2CCC1(C)C. The maximum Gasteiger partial charge on any atom is 0.0377 e. The number of aryl methyl sites for hydroxylation is 1. The van der Waals surface area contributed by atoms with Gasteiger partial charge < -0.3 is 5.32 Å². The highest BCUT2D eigenvalue weighted by atomic mass is 32.2. The third kappa shape index (κ3) is 3.55. The molecule has 106 valence electrons. The molecule has 2 rings (SSSR count). The summed E-state index contributed by atoms with van der Waals surface area (Å²) in [6.07, 6.45) is 2.49. The lowest BCUT2D eigenvalue weighted by molar-refractivity contribution is 0.200. The largest absolute Gasteiger partial charge is 0.306 e. The van der Waals surface area contributed by atoms with Gasteiger partial charge in [0, 0.05) is 17.8 Å². The minimum absolute atomic E-state index is 0.347. The van der Waals surface area contributed by atoms with Gasteiger partial charge in [-0.1, -0.05) is 45.0 Å². The molecule has 0 heterocycles. The molecule has 0 aliphatic heterocycles. The van der Waals surface area contributed by atoms with Crippen LogP contribution in [-0.2, 0) is 6.42 Å². The zero-order chi connectivity index (χ0) is 13.9.